The number of nitrogens with zero attached hydrogens (tertiary/aromatic N) is 3. The van der Waals surface area contributed by atoms with E-state index in [0.717, 1.165) is 5.56 Å². The number of carbonyl (C=O) groups excluding carboxylic acids is 2. The van der Waals surface area contributed by atoms with Gasteiger partial charge in [-0.05, 0) is 35.7 Å². The maximum absolute atomic E-state index is 12.8. The number of hydrogen-bond acceptors (Lipinski definition) is 4. The highest BCUT2D eigenvalue weighted by atomic mass is 16.3. The fourth-order valence-corrected chi connectivity index (χ4v) is 3.04. The van der Waals surface area contributed by atoms with E-state index in [0.29, 0.717) is 37.3 Å². The number of amides is 2. The van der Waals surface area contributed by atoms with Gasteiger partial charge in [0, 0.05) is 38.6 Å². The summed E-state index contributed by atoms with van der Waals surface area (Å²) >= 11 is 0. The molecule has 0 aliphatic carbocycles. The summed E-state index contributed by atoms with van der Waals surface area (Å²) in [5.74, 6) is -0.00213. The summed E-state index contributed by atoms with van der Waals surface area (Å²) in [5, 5.41) is 10.1. The molecule has 1 saturated heterocycles. The Morgan fingerprint density at radius 1 is 1.04 bits per heavy atom. The van der Waals surface area contributed by atoms with E-state index in [1.807, 2.05) is 19.9 Å². The molecule has 2 amide bonds. The first-order valence-corrected chi connectivity index (χ1v) is 8.79. The molecule has 6 nitrogen and oxygen atoms in total. The molecule has 0 unspecified atom stereocenters. The van der Waals surface area contributed by atoms with Crippen molar-refractivity contribution in [3.8, 4) is 5.75 Å². The number of hydrogen-bond donors (Lipinski definition) is 1. The Hall–Kier alpha value is -2.89. The molecule has 2 heterocycles. The molecule has 1 aliphatic rings. The Morgan fingerprint density at radius 2 is 1.69 bits per heavy atom. The minimum atomic E-state index is -0.196. The Morgan fingerprint density at radius 3 is 2.27 bits per heavy atom. The number of carbonyl (C=O) groups is 2. The lowest BCUT2D eigenvalue weighted by Gasteiger charge is -2.35. The number of rotatable bonds is 3. The lowest BCUT2D eigenvalue weighted by atomic mass is 9.99. The lowest BCUT2D eigenvalue weighted by Crippen LogP contribution is -2.50. The second-order valence-corrected chi connectivity index (χ2v) is 6.76. The number of pyridine rings is 1. The van der Waals surface area contributed by atoms with Gasteiger partial charge in [-0.15, -0.1) is 0 Å². The molecule has 1 fully saturated rings. The molecule has 0 saturated carbocycles. The fourth-order valence-electron chi connectivity index (χ4n) is 3.04. The van der Waals surface area contributed by atoms with Gasteiger partial charge in [0.25, 0.3) is 11.8 Å². The summed E-state index contributed by atoms with van der Waals surface area (Å²) < 4.78 is 0. The summed E-state index contributed by atoms with van der Waals surface area (Å²) in [7, 11) is 0. The van der Waals surface area contributed by atoms with Crippen molar-refractivity contribution in [2.45, 2.75) is 19.8 Å². The number of piperazine rings is 1. The highest BCUT2D eigenvalue weighted by Crippen LogP contribution is 2.25. The highest BCUT2D eigenvalue weighted by Gasteiger charge is 2.27. The first kappa shape index (κ1) is 17.9. The largest absolute Gasteiger partial charge is 0.507 e. The zero-order chi connectivity index (χ0) is 18.7. The maximum Gasteiger partial charge on any atom is 0.257 e. The molecule has 2 aromatic rings. The third-order valence-corrected chi connectivity index (χ3v) is 4.68. The summed E-state index contributed by atoms with van der Waals surface area (Å²) in [6.45, 7) is 5.90. The van der Waals surface area contributed by atoms with Crippen LogP contribution in [0.4, 0.5) is 0 Å². The second kappa shape index (κ2) is 7.56. The number of phenols is 1. The van der Waals surface area contributed by atoms with Crippen molar-refractivity contribution in [1.82, 2.24) is 14.8 Å². The van der Waals surface area contributed by atoms with Crippen LogP contribution in [-0.2, 0) is 0 Å². The zero-order valence-electron chi connectivity index (χ0n) is 15.1. The molecular formula is C20H23N3O3. The summed E-state index contributed by atoms with van der Waals surface area (Å²) in [5.41, 5.74) is 1.88. The topological polar surface area (TPSA) is 73.7 Å². The van der Waals surface area contributed by atoms with Crippen LogP contribution >= 0.6 is 0 Å². The van der Waals surface area contributed by atoms with Gasteiger partial charge in [0.1, 0.15) is 5.75 Å². The molecule has 6 heteroatoms. The van der Waals surface area contributed by atoms with Gasteiger partial charge >= 0.3 is 0 Å². The van der Waals surface area contributed by atoms with E-state index in [4.69, 9.17) is 0 Å². The molecular weight excluding hydrogens is 330 g/mol. The average molecular weight is 353 g/mol. The van der Waals surface area contributed by atoms with Gasteiger partial charge in [-0.1, -0.05) is 19.9 Å². The van der Waals surface area contributed by atoms with Gasteiger partial charge in [0.15, 0.2) is 0 Å². The smallest absolute Gasteiger partial charge is 0.257 e. The van der Waals surface area contributed by atoms with E-state index in [9.17, 15) is 14.7 Å². The Balaban J connectivity index is 1.67. The molecule has 1 N–H and O–H groups in total. The van der Waals surface area contributed by atoms with Crippen LogP contribution in [-0.4, -0.2) is 57.9 Å². The van der Waals surface area contributed by atoms with Crippen molar-refractivity contribution in [2.24, 2.45) is 0 Å². The molecule has 3 rings (SSSR count). The van der Waals surface area contributed by atoms with Crippen molar-refractivity contribution >= 4 is 11.8 Å². The zero-order valence-corrected chi connectivity index (χ0v) is 15.1. The van der Waals surface area contributed by atoms with E-state index >= 15 is 0 Å². The Labute approximate surface area is 153 Å². The molecule has 26 heavy (non-hydrogen) atoms. The molecule has 0 atom stereocenters. The van der Waals surface area contributed by atoms with Crippen LogP contribution < -0.4 is 0 Å². The third-order valence-electron chi connectivity index (χ3n) is 4.68. The van der Waals surface area contributed by atoms with Crippen LogP contribution in [0, 0.1) is 0 Å². The molecule has 136 valence electrons. The standard InChI is InChI=1S/C20H23N3O3/c1-14(2)15-5-6-18(24)17(12-15)20(26)23-10-8-22(9-11-23)19(25)16-4-3-7-21-13-16/h3-7,12-14,24H,8-11H2,1-2H3. The Kier molecular flexibility index (Phi) is 5.21. The van der Waals surface area contributed by atoms with Crippen LogP contribution in [0.1, 0.15) is 46.0 Å². The van der Waals surface area contributed by atoms with Gasteiger partial charge < -0.3 is 14.9 Å². The normalized spacial score (nSPS) is 14.6. The SMILES string of the molecule is CC(C)c1ccc(O)c(C(=O)N2CCN(C(=O)c3cccnc3)CC2)c1. The lowest BCUT2D eigenvalue weighted by molar-refractivity contribution is 0.0533. The van der Waals surface area contributed by atoms with Crippen LogP contribution in [0.5, 0.6) is 5.75 Å². The van der Waals surface area contributed by atoms with Gasteiger partial charge in [0.05, 0.1) is 11.1 Å². The summed E-state index contributed by atoms with van der Waals surface area (Å²) in [4.78, 5) is 32.6. The first-order valence-electron chi connectivity index (χ1n) is 8.79. The molecule has 0 radical (unpaired) electrons. The van der Waals surface area contributed by atoms with Crippen LogP contribution in [0.2, 0.25) is 0 Å². The third kappa shape index (κ3) is 3.69. The molecule has 1 aromatic carbocycles. The monoisotopic (exact) mass is 353 g/mol. The van der Waals surface area contributed by atoms with Crippen LogP contribution in [0.3, 0.4) is 0 Å². The quantitative estimate of drug-likeness (QED) is 0.920. The predicted molar refractivity (Wildman–Crippen MR) is 98.2 cm³/mol. The first-order chi connectivity index (χ1) is 12.5. The van der Waals surface area contributed by atoms with Crippen molar-refractivity contribution < 1.29 is 14.7 Å². The van der Waals surface area contributed by atoms with Crippen molar-refractivity contribution in [1.29, 1.82) is 0 Å². The number of aromatic hydroxyl groups is 1. The number of benzene rings is 1. The molecule has 1 aliphatic heterocycles. The van der Waals surface area contributed by atoms with Crippen molar-refractivity contribution in [3.05, 3.63) is 59.4 Å². The second-order valence-electron chi connectivity index (χ2n) is 6.76. The minimum Gasteiger partial charge on any atom is -0.507 e. The van der Waals surface area contributed by atoms with Crippen LogP contribution in [0.25, 0.3) is 0 Å². The molecule has 0 spiro atoms. The average Bonchev–Trinajstić information content (AvgIpc) is 2.68. The molecule has 0 bridgehead atoms. The maximum atomic E-state index is 12.8. The van der Waals surface area contributed by atoms with Gasteiger partial charge in [-0.25, -0.2) is 0 Å². The number of phenolic OH excluding ortho intramolecular Hbond substituents is 1. The predicted octanol–water partition coefficient (Wildman–Crippen LogP) is 2.51. The van der Waals surface area contributed by atoms with E-state index in [2.05, 4.69) is 4.98 Å². The van der Waals surface area contributed by atoms with Crippen molar-refractivity contribution in [3.63, 3.8) is 0 Å². The van der Waals surface area contributed by atoms with E-state index in [-0.39, 0.29) is 23.5 Å². The minimum absolute atomic E-state index is 0.00624. The van der Waals surface area contributed by atoms with Crippen molar-refractivity contribution in [2.75, 3.05) is 26.2 Å². The van der Waals surface area contributed by atoms with Crippen LogP contribution in [0.15, 0.2) is 42.7 Å². The fraction of sp³-hybridized carbons (Fsp3) is 0.350. The molecule has 1 aromatic heterocycles. The van der Waals surface area contributed by atoms with E-state index in [1.165, 1.54) is 0 Å². The summed E-state index contributed by atoms with van der Waals surface area (Å²) in [6, 6.07) is 8.64. The Bertz CT molecular complexity index is 797. The van der Waals surface area contributed by atoms with Gasteiger partial charge in [-0.2, -0.15) is 0 Å². The number of aromatic nitrogens is 1. The van der Waals surface area contributed by atoms with E-state index in [1.54, 1.807) is 46.5 Å². The van der Waals surface area contributed by atoms with E-state index < -0.39 is 0 Å². The highest BCUT2D eigenvalue weighted by molar-refractivity contribution is 5.97. The summed E-state index contributed by atoms with van der Waals surface area (Å²) in [6.07, 6.45) is 3.18. The van der Waals surface area contributed by atoms with Gasteiger partial charge in [0.2, 0.25) is 0 Å². The van der Waals surface area contributed by atoms with Gasteiger partial charge in [-0.3, -0.25) is 14.6 Å².